The second-order valence-electron chi connectivity index (χ2n) is 3.90. The van der Waals surface area contributed by atoms with Crippen molar-refractivity contribution < 1.29 is 18.3 Å². The molecule has 0 amide bonds. The summed E-state index contributed by atoms with van der Waals surface area (Å²) in [5.41, 5.74) is 0.699. The molecule has 1 aliphatic rings. The first-order chi connectivity index (χ1) is 8.33. The third kappa shape index (κ3) is 2.03. The van der Waals surface area contributed by atoms with E-state index in [1.165, 1.54) is 6.07 Å². The Balaban J connectivity index is 1.83. The summed E-state index contributed by atoms with van der Waals surface area (Å²) >= 11 is 0. The van der Waals surface area contributed by atoms with Crippen LogP contribution in [-0.2, 0) is 4.74 Å². The van der Waals surface area contributed by atoms with Crippen LogP contribution in [0, 0.1) is 5.82 Å². The lowest BCUT2D eigenvalue weighted by Crippen LogP contribution is -2.38. The molecule has 3 nitrogen and oxygen atoms in total. The zero-order valence-corrected chi connectivity index (χ0v) is 9.06. The standard InChI is InChI=1S/C13H11FO3/c14-11-6-9(12-2-1-5-16-12)3-4-13(11)17-10-7-15-8-10/h1-6,10H,7-8H2. The molecule has 0 atom stereocenters. The Bertz CT molecular complexity index is 503. The van der Waals surface area contributed by atoms with Gasteiger partial charge in [0.2, 0.25) is 0 Å². The first-order valence-electron chi connectivity index (χ1n) is 5.41. The number of benzene rings is 1. The summed E-state index contributed by atoms with van der Waals surface area (Å²) < 4.78 is 29.3. The molecular formula is C13H11FO3. The normalized spacial score (nSPS) is 15.6. The van der Waals surface area contributed by atoms with Crippen LogP contribution in [0.3, 0.4) is 0 Å². The van der Waals surface area contributed by atoms with Gasteiger partial charge in [0.1, 0.15) is 11.9 Å². The van der Waals surface area contributed by atoms with Gasteiger partial charge in [-0.15, -0.1) is 0 Å². The van der Waals surface area contributed by atoms with E-state index in [0.29, 0.717) is 24.5 Å². The van der Waals surface area contributed by atoms with Gasteiger partial charge in [0.05, 0.1) is 19.5 Å². The predicted molar refractivity (Wildman–Crippen MR) is 59.3 cm³/mol. The van der Waals surface area contributed by atoms with Crippen molar-refractivity contribution in [3.63, 3.8) is 0 Å². The highest BCUT2D eigenvalue weighted by Gasteiger charge is 2.21. The molecule has 1 saturated heterocycles. The third-order valence-corrected chi connectivity index (χ3v) is 2.64. The number of hydrogen-bond donors (Lipinski definition) is 0. The minimum atomic E-state index is -0.384. The summed E-state index contributed by atoms with van der Waals surface area (Å²) in [4.78, 5) is 0. The molecule has 0 saturated carbocycles. The Labute approximate surface area is 97.8 Å². The van der Waals surface area contributed by atoms with Gasteiger partial charge in [0, 0.05) is 5.56 Å². The van der Waals surface area contributed by atoms with Crippen LogP contribution < -0.4 is 4.74 Å². The zero-order valence-electron chi connectivity index (χ0n) is 9.06. The lowest BCUT2D eigenvalue weighted by atomic mass is 10.1. The van der Waals surface area contributed by atoms with E-state index in [2.05, 4.69) is 0 Å². The average molecular weight is 234 g/mol. The van der Waals surface area contributed by atoms with Crippen LogP contribution in [-0.4, -0.2) is 19.3 Å². The average Bonchev–Trinajstić information content (AvgIpc) is 2.78. The second kappa shape index (κ2) is 4.22. The summed E-state index contributed by atoms with van der Waals surface area (Å²) in [6, 6.07) is 8.36. The highest BCUT2D eigenvalue weighted by molar-refractivity contribution is 5.58. The van der Waals surface area contributed by atoms with Crippen LogP contribution in [0.5, 0.6) is 5.75 Å². The Kier molecular flexibility index (Phi) is 2.57. The molecule has 0 radical (unpaired) electrons. The summed E-state index contributed by atoms with van der Waals surface area (Å²) in [5, 5.41) is 0. The second-order valence-corrected chi connectivity index (χ2v) is 3.90. The molecule has 4 heteroatoms. The van der Waals surface area contributed by atoms with Crippen LogP contribution in [0.1, 0.15) is 0 Å². The minimum Gasteiger partial charge on any atom is -0.483 e. The van der Waals surface area contributed by atoms with Crippen molar-refractivity contribution in [1.29, 1.82) is 0 Å². The molecule has 2 heterocycles. The lowest BCUT2D eigenvalue weighted by Gasteiger charge is -2.26. The SMILES string of the molecule is Fc1cc(-c2ccco2)ccc1OC1COC1. The smallest absolute Gasteiger partial charge is 0.165 e. The van der Waals surface area contributed by atoms with Gasteiger partial charge in [-0.25, -0.2) is 4.39 Å². The fourth-order valence-electron chi connectivity index (χ4n) is 1.65. The van der Waals surface area contributed by atoms with E-state index < -0.39 is 0 Å². The first kappa shape index (κ1) is 10.4. The number of ether oxygens (including phenoxy) is 2. The number of hydrogen-bond acceptors (Lipinski definition) is 3. The van der Waals surface area contributed by atoms with Crippen LogP contribution in [0.25, 0.3) is 11.3 Å². The van der Waals surface area contributed by atoms with Crippen LogP contribution in [0.4, 0.5) is 4.39 Å². The van der Waals surface area contributed by atoms with Gasteiger partial charge >= 0.3 is 0 Å². The van der Waals surface area contributed by atoms with E-state index in [9.17, 15) is 4.39 Å². The van der Waals surface area contributed by atoms with Crippen molar-refractivity contribution in [2.45, 2.75) is 6.10 Å². The van der Waals surface area contributed by atoms with Gasteiger partial charge in [-0.1, -0.05) is 0 Å². The molecule has 17 heavy (non-hydrogen) atoms. The van der Waals surface area contributed by atoms with E-state index in [4.69, 9.17) is 13.9 Å². The molecule has 0 aliphatic carbocycles. The van der Waals surface area contributed by atoms with Gasteiger partial charge in [0.15, 0.2) is 11.6 Å². The molecule has 3 rings (SSSR count). The summed E-state index contributed by atoms with van der Waals surface area (Å²) in [7, 11) is 0. The molecule has 1 aliphatic heterocycles. The van der Waals surface area contributed by atoms with Gasteiger partial charge in [0.25, 0.3) is 0 Å². The minimum absolute atomic E-state index is 0.0287. The Morgan fingerprint density at radius 1 is 1.24 bits per heavy atom. The molecule has 1 aromatic carbocycles. The summed E-state index contributed by atoms with van der Waals surface area (Å²) in [6.07, 6.45) is 1.53. The van der Waals surface area contributed by atoms with Gasteiger partial charge in [-0.05, 0) is 30.3 Å². The molecule has 1 aromatic heterocycles. The fraction of sp³-hybridized carbons (Fsp3) is 0.231. The Hall–Kier alpha value is -1.81. The van der Waals surface area contributed by atoms with Gasteiger partial charge in [-0.2, -0.15) is 0 Å². The van der Waals surface area contributed by atoms with E-state index in [-0.39, 0.29) is 17.7 Å². The van der Waals surface area contributed by atoms with Crippen molar-refractivity contribution in [2.75, 3.05) is 13.2 Å². The van der Waals surface area contributed by atoms with Crippen LogP contribution in [0.15, 0.2) is 41.0 Å². The monoisotopic (exact) mass is 234 g/mol. The largest absolute Gasteiger partial charge is 0.483 e. The van der Waals surface area contributed by atoms with Crippen molar-refractivity contribution in [3.05, 3.63) is 42.4 Å². The molecule has 0 spiro atoms. The highest BCUT2D eigenvalue weighted by Crippen LogP contribution is 2.27. The zero-order chi connectivity index (χ0) is 11.7. The molecule has 0 N–H and O–H groups in total. The van der Waals surface area contributed by atoms with Crippen molar-refractivity contribution in [2.24, 2.45) is 0 Å². The number of furan rings is 1. The number of rotatable bonds is 3. The van der Waals surface area contributed by atoms with Crippen molar-refractivity contribution in [1.82, 2.24) is 0 Å². The Morgan fingerprint density at radius 2 is 2.12 bits per heavy atom. The molecular weight excluding hydrogens is 223 g/mol. The molecule has 0 bridgehead atoms. The first-order valence-corrected chi connectivity index (χ1v) is 5.41. The van der Waals surface area contributed by atoms with E-state index in [1.807, 2.05) is 0 Å². The molecule has 88 valence electrons. The quantitative estimate of drug-likeness (QED) is 0.818. The fourth-order valence-corrected chi connectivity index (χ4v) is 1.65. The Morgan fingerprint density at radius 3 is 2.71 bits per heavy atom. The predicted octanol–water partition coefficient (Wildman–Crippen LogP) is 2.86. The van der Waals surface area contributed by atoms with Crippen molar-refractivity contribution in [3.8, 4) is 17.1 Å². The number of halogens is 1. The maximum Gasteiger partial charge on any atom is 0.165 e. The van der Waals surface area contributed by atoms with Gasteiger partial charge in [-0.3, -0.25) is 0 Å². The van der Waals surface area contributed by atoms with Crippen LogP contribution in [0.2, 0.25) is 0 Å². The molecule has 1 fully saturated rings. The maximum absolute atomic E-state index is 13.8. The lowest BCUT2D eigenvalue weighted by molar-refractivity contribution is -0.0808. The molecule has 2 aromatic rings. The topological polar surface area (TPSA) is 31.6 Å². The van der Waals surface area contributed by atoms with E-state index in [1.54, 1.807) is 30.5 Å². The van der Waals surface area contributed by atoms with E-state index in [0.717, 1.165) is 0 Å². The summed E-state index contributed by atoms with van der Waals surface area (Å²) in [5.74, 6) is 0.516. The third-order valence-electron chi connectivity index (χ3n) is 2.64. The highest BCUT2D eigenvalue weighted by atomic mass is 19.1. The summed E-state index contributed by atoms with van der Waals surface area (Å²) in [6.45, 7) is 1.05. The molecule has 0 unspecified atom stereocenters. The van der Waals surface area contributed by atoms with Crippen molar-refractivity contribution >= 4 is 0 Å². The van der Waals surface area contributed by atoms with Crippen LogP contribution >= 0.6 is 0 Å². The van der Waals surface area contributed by atoms with E-state index >= 15 is 0 Å². The van der Waals surface area contributed by atoms with Gasteiger partial charge < -0.3 is 13.9 Å². The maximum atomic E-state index is 13.8.